The first-order valence-electron chi connectivity index (χ1n) is 13.9. The zero-order chi connectivity index (χ0) is 28.7. The molecule has 2 aliphatic rings. The number of carboxylic acids is 1. The van der Waals surface area contributed by atoms with Gasteiger partial charge in [-0.05, 0) is 36.6 Å². The van der Waals surface area contributed by atoms with Gasteiger partial charge in [-0.15, -0.1) is 0 Å². The molecule has 1 saturated heterocycles. The molecule has 216 valence electrons. The van der Waals surface area contributed by atoms with Crippen molar-refractivity contribution in [3.05, 3.63) is 71.6 Å². The number of carboxylic acid groups (broad SMARTS) is 1. The van der Waals surface area contributed by atoms with Gasteiger partial charge in [0.15, 0.2) is 5.82 Å². The number of nitrogens with zero attached hydrogens (tertiary/aromatic N) is 5. The van der Waals surface area contributed by atoms with Gasteiger partial charge in [0, 0.05) is 56.5 Å². The van der Waals surface area contributed by atoms with E-state index in [0.717, 1.165) is 24.1 Å². The lowest BCUT2D eigenvalue weighted by atomic mass is 9.78. The van der Waals surface area contributed by atoms with Gasteiger partial charge in [-0.2, -0.15) is 5.10 Å². The van der Waals surface area contributed by atoms with Crippen LogP contribution in [0.3, 0.4) is 0 Å². The van der Waals surface area contributed by atoms with E-state index in [1.54, 1.807) is 28.9 Å². The highest BCUT2D eigenvalue weighted by atomic mass is 19.3. The third-order valence-electron chi connectivity index (χ3n) is 8.19. The van der Waals surface area contributed by atoms with Gasteiger partial charge in [-0.25, -0.2) is 18.2 Å². The summed E-state index contributed by atoms with van der Waals surface area (Å²) in [5.74, 6) is -4.23. The monoisotopic (exact) mass is 567 g/mol. The fraction of sp³-hybridized carbons (Fsp3) is 0.433. The first-order chi connectivity index (χ1) is 19.7. The largest absolute Gasteiger partial charge is 0.487 e. The molecule has 41 heavy (non-hydrogen) atoms. The Kier molecular flexibility index (Phi) is 7.13. The highest BCUT2D eigenvalue weighted by Gasteiger charge is 2.38. The number of fused-ring (bicyclic) bond motifs is 1. The highest BCUT2D eigenvalue weighted by molar-refractivity contribution is 5.79. The van der Waals surface area contributed by atoms with Crippen LogP contribution >= 0.6 is 0 Å². The number of rotatable bonds is 8. The van der Waals surface area contributed by atoms with Gasteiger partial charge in [0.1, 0.15) is 23.7 Å². The molecule has 0 amide bonds. The molecule has 11 heteroatoms. The van der Waals surface area contributed by atoms with Gasteiger partial charge in [0.25, 0.3) is 5.92 Å². The summed E-state index contributed by atoms with van der Waals surface area (Å²) in [5, 5.41) is 14.3. The quantitative estimate of drug-likeness (QED) is 0.292. The Morgan fingerprint density at radius 2 is 1.93 bits per heavy atom. The lowest BCUT2D eigenvalue weighted by Crippen LogP contribution is -2.27. The Morgan fingerprint density at radius 3 is 2.61 bits per heavy atom. The number of hydrogen-bond donors (Lipinski definition) is 1. The number of alkyl halides is 2. The van der Waals surface area contributed by atoms with Crippen LogP contribution in [0.5, 0.6) is 5.75 Å². The van der Waals surface area contributed by atoms with E-state index in [9.17, 15) is 18.7 Å². The van der Waals surface area contributed by atoms with Crippen LogP contribution in [-0.4, -0.2) is 49.4 Å². The summed E-state index contributed by atoms with van der Waals surface area (Å²) in [7, 11) is 1.80. The average Bonchev–Trinajstić information content (AvgIpc) is 3.64. The minimum Gasteiger partial charge on any atom is -0.487 e. The van der Waals surface area contributed by atoms with Gasteiger partial charge >= 0.3 is 5.97 Å². The number of aromatic nitrogens is 4. The fourth-order valence-corrected chi connectivity index (χ4v) is 6.09. The van der Waals surface area contributed by atoms with Crippen LogP contribution in [0, 0.1) is 11.7 Å². The molecular formula is C30H32F3N5O3. The molecular weight excluding hydrogens is 535 g/mol. The van der Waals surface area contributed by atoms with Crippen LogP contribution in [0.4, 0.5) is 18.9 Å². The van der Waals surface area contributed by atoms with Crippen molar-refractivity contribution in [1.82, 2.24) is 19.3 Å². The minimum atomic E-state index is -2.69. The number of hydrogen-bond acceptors (Lipinski definition) is 5. The highest BCUT2D eigenvalue weighted by Crippen LogP contribution is 2.40. The van der Waals surface area contributed by atoms with Crippen molar-refractivity contribution in [2.45, 2.75) is 57.1 Å². The van der Waals surface area contributed by atoms with E-state index in [-0.39, 0.29) is 31.0 Å². The number of halogens is 3. The summed E-state index contributed by atoms with van der Waals surface area (Å²) >= 11 is 0. The molecule has 2 aromatic carbocycles. The molecule has 0 radical (unpaired) electrons. The Hall–Kier alpha value is -4.02. The number of benzene rings is 2. The smallest absolute Gasteiger partial charge is 0.307 e. The Labute approximate surface area is 235 Å². The Bertz CT molecular complexity index is 1570. The van der Waals surface area contributed by atoms with E-state index in [1.165, 1.54) is 6.07 Å². The summed E-state index contributed by atoms with van der Waals surface area (Å²) in [6.07, 6.45) is 4.51. The Balaban J connectivity index is 1.36. The Morgan fingerprint density at radius 1 is 1.15 bits per heavy atom. The van der Waals surface area contributed by atoms with Gasteiger partial charge in [0.05, 0.1) is 23.7 Å². The van der Waals surface area contributed by atoms with Crippen molar-refractivity contribution >= 4 is 22.7 Å². The SMILES string of the molecule is Cn1ccc(COc2cc(F)c3nc([C@H]4CCCC[C@H]4C(=O)O)n(Cc4ccc(N5CCC(F)(F)C5)cc4)c3c2)n1. The molecule has 0 bridgehead atoms. The first kappa shape index (κ1) is 27.2. The molecule has 6 rings (SSSR count). The predicted molar refractivity (Wildman–Crippen MR) is 147 cm³/mol. The summed E-state index contributed by atoms with van der Waals surface area (Å²) in [6.45, 7) is 0.463. The summed E-state index contributed by atoms with van der Waals surface area (Å²) in [6, 6.07) is 12.2. The van der Waals surface area contributed by atoms with E-state index < -0.39 is 23.6 Å². The second-order valence-corrected chi connectivity index (χ2v) is 11.1. The van der Waals surface area contributed by atoms with Crippen molar-refractivity contribution in [3.8, 4) is 5.75 Å². The second kappa shape index (κ2) is 10.8. The van der Waals surface area contributed by atoms with Crippen molar-refractivity contribution in [2.24, 2.45) is 13.0 Å². The number of aliphatic carboxylic acids is 1. The van der Waals surface area contributed by atoms with Gasteiger partial charge in [0.2, 0.25) is 0 Å². The number of aryl methyl sites for hydroxylation is 1. The zero-order valence-electron chi connectivity index (χ0n) is 22.8. The fourth-order valence-electron chi connectivity index (χ4n) is 6.09. The molecule has 2 fully saturated rings. The maximum absolute atomic E-state index is 15.5. The number of ether oxygens (including phenoxy) is 1. The van der Waals surface area contributed by atoms with E-state index in [0.29, 0.717) is 48.7 Å². The van der Waals surface area contributed by atoms with Crippen LogP contribution in [0.1, 0.15) is 55.1 Å². The van der Waals surface area contributed by atoms with Gasteiger partial charge in [-0.3, -0.25) is 9.48 Å². The molecule has 3 heterocycles. The van der Waals surface area contributed by atoms with E-state index in [1.807, 2.05) is 34.9 Å². The van der Waals surface area contributed by atoms with Gasteiger partial charge < -0.3 is 19.3 Å². The molecule has 1 N–H and O–H groups in total. The van der Waals surface area contributed by atoms with E-state index >= 15 is 4.39 Å². The third kappa shape index (κ3) is 5.62. The number of imidazole rings is 1. The van der Waals surface area contributed by atoms with Crippen molar-refractivity contribution < 1.29 is 27.8 Å². The van der Waals surface area contributed by atoms with E-state index in [2.05, 4.69) is 10.1 Å². The molecule has 2 aromatic heterocycles. The van der Waals surface area contributed by atoms with Gasteiger partial charge in [-0.1, -0.05) is 25.0 Å². The summed E-state index contributed by atoms with van der Waals surface area (Å²) < 4.78 is 52.4. The van der Waals surface area contributed by atoms with E-state index in [4.69, 9.17) is 4.74 Å². The molecule has 1 saturated carbocycles. The molecule has 8 nitrogen and oxygen atoms in total. The standard InChI is InChI=1S/C30H32F3N5O3/c1-36-12-10-20(35-36)17-41-22-14-25(31)27-26(15-22)38(28(34-27)23-4-2-3-5-24(23)29(39)40)16-19-6-8-21(9-7-19)37-13-11-30(32,33)18-37/h6-10,12,14-15,23-24H,2-5,11,13,16-18H2,1H3,(H,39,40)/t23-,24+/m0/s1. The summed E-state index contributed by atoms with van der Waals surface area (Å²) in [5.41, 5.74) is 2.95. The molecule has 1 aliphatic heterocycles. The van der Waals surface area contributed by atoms with Crippen LogP contribution in [0.2, 0.25) is 0 Å². The third-order valence-corrected chi connectivity index (χ3v) is 8.19. The predicted octanol–water partition coefficient (Wildman–Crippen LogP) is 5.74. The van der Waals surface area contributed by atoms with Crippen LogP contribution in [0.15, 0.2) is 48.7 Å². The van der Waals surface area contributed by atoms with Crippen molar-refractivity contribution in [2.75, 3.05) is 18.0 Å². The van der Waals surface area contributed by atoms with Crippen molar-refractivity contribution in [3.63, 3.8) is 0 Å². The molecule has 0 unspecified atom stereocenters. The second-order valence-electron chi connectivity index (χ2n) is 11.1. The van der Waals surface area contributed by atoms with Crippen LogP contribution < -0.4 is 9.64 Å². The van der Waals surface area contributed by atoms with Crippen molar-refractivity contribution in [1.29, 1.82) is 0 Å². The molecule has 4 aromatic rings. The lowest BCUT2D eigenvalue weighted by molar-refractivity contribution is -0.143. The summed E-state index contributed by atoms with van der Waals surface area (Å²) in [4.78, 5) is 18.5. The normalized spacial score (nSPS) is 20.5. The average molecular weight is 568 g/mol. The molecule has 1 aliphatic carbocycles. The maximum atomic E-state index is 15.5. The topological polar surface area (TPSA) is 85.4 Å². The number of anilines is 1. The van der Waals surface area contributed by atoms with Crippen LogP contribution in [0.25, 0.3) is 11.0 Å². The first-order valence-corrected chi connectivity index (χ1v) is 13.9. The maximum Gasteiger partial charge on any atom is 0.307 e. The molecule has 2 atom stereocenters. The minimum absolute atomic E-state index is 0.160. The number of carbonyl (C=O) groups is 1. The molecule has 0 spiro atoms. The lowest BCUT2D eigenvalue weighted by Gasteiger charge is -2.28. The van der Waals surface area contributed by atoms with Crippen LogP contribution in [-0.2, 0) is 25.0 Å². The zero-order valence-corrected chi connectivity index (χ0v) is 22.8.